The van der Waals surface area contributed by atoms with Crippen LogP contribution >= 0.6 is 11.8 Å². The molecule has 0 heterocycles. The van der Waals surface area contributed by atoms with Crippen molar-refractivity contribution in [2.45, 2.75) is 38.5 Å². The van der Waals surface area contributed by atoms with E-state index in [-0.39, 0.29) is 5.97 Å². The van der Waals surface area contributed by atoms with Crippen LogP contribution in [0.4, 0.5) is 0 Å². The van der Waals surface area contributed by atoms with Crippen molar-refractivity contribution in [1.29, 1.82) is 0 Å². The molecule has 0 amide bonds. The number of aliphatic imine (C=N–C) groups is 1. The summed E-state index contributed by atoms with van der Waals surface area (Å²) in [6.45, 7) is 1.84. The number of hydrogen-bond acceptors (Lipinski definition) is 4. The molecule has 0 aromatic carbocycles. The van der Waals surface area contributed by atoms with Crippen molar-refractivity contribution in [3.05, 3.63) is 0 Å². The number of rotatable bonds is 11. The Morgan fingerprint density at radius 2 is 1.75 bits per heavy atom. The molecule has 0 saturated carbocycles. The molecule has 0 saturated heterocycles. The summed E-state index contributed by atoms with van der Waals surface area (Å²) in [5, 5.41) is 6.58. The number of unbranched alkanes of at least 4 members (excludes halogenated alkanes) is 3. The van der Waals surface area contributed by atoms with Gasteiger partial charge < -0.3 is 15.4 Å². The maximum Gasteiger partial charge on any atom is 0.305 e. The van der Waals surface area contributed by atoms with Gasteiger partial charge in [0.05, 0.1) is 7.11 Å². The third kappa shape index (κ3) is 12.1. The van der Waals surface area contributed by atoms with Crippen LogP contribution in [0.1, 0.15) is 38.5 Å². The Labute approximate surface area is 127 Å². The van der Waals surface area contributed by atoms with Crippen LogP contribution in [0, 0.1) is 0 Å². The topological polar surface area (TPSA) is 62.7 Å². The molecule has 0 aliphatic carbocycles. The highest BCUT2D eigenvalue weighted by atomic mass is 32.2. The van der Waals surface area contributed by atoms with E-state index >= 15 is 0 Å². The van der Waals surface area contributed by atoms with Crippen LogP contribution in [0.5, 0.6) is 0 Å². The van der Waals surface area contributed by atoms with Crippen LogP contribution in [0.15, 0.2) is 4.99 Å². The maximum atomic E-state index is 10.9. The van der Waals surface area contributed by atoms with E-state index in [1.165, 1.54) is 25.7 Å². The SMILES string of the molecule is CN=C(NCCCCCC(=O)OC)NCCCCSC. The third-order valence-corrected chi connectivity index (χ3v) is 3.57. The Kier molecular flexibility index (Phi) is 13.8. The molecule has 6 heteroatoms. The van der Waals surface area contributed by atoms with E-state index in [0.29, 0.717) is 6.42 Å². The lowest BCUT2D eigenvalue weighted by Gasteiger charge is -2.11. The zero-order chi connectivity index (χ0) is 15.1. The van der Waals surface area contributed by atoms with E-state index in [2.05, 4.69) is 26.6 Å². The lowest BCUT2D eigenvalue weighted by Crippen LogP contribution is -2.38. The minimum absolute atomic E-state index is 0.124. The highest BCUT2D eigenvalue weighted by molar-refractivity contribution is 7.98. The third-order valence-electron chi connectivity index (χ3n) is 2.87. The molecule has 0 unspecified atom stereocenters. The Balaban J connectivity index is 3.44. The molecule has 0 aliphatic rings. The molecular formula is C14H29N3O2S. The second kappa shape index (κ2) is 14.5. The molecule has 0 rings (SSSR count). The number of nitrogens with zero attached hydrogens (tertiary/aromatic N) is 1. The first-order valence-electron chi connectivity index (χ1n) is 7.24. The molecule has 0 aliphatic heterocycles. The van der Waals surface area contributed by atoms with Gasteiger partial charge in [0, 0.05) is 26.6 Å². The second-order valence-electron chi connectivity index (χ2n) is 4.51. The molecule has 0 radical (unpaired) electrons. The van der Waals surface area contributed by atoms with Crippen LogP contribution < -0.4 is 10.6 Å². The minimum atomic E-state index is -0.124. The monoisotopic (exact) mass is 303 g/mol. The smallest absolute Gasteiger partial charge is 0.305 e. The van der Waals surface area contributed by atoms with Crippen LogP contribution in [0.2, 0.25) is 0 Å². The van der Waals surface area contributed by atoms with Gasteiger partial charge in [0.15, 0.2) is 5.96 Å². The van der Waals surface area contributed by atoms with Gasteiger partial charge in [-0.15, -0.1) is 0 Å². The first kappa shape index (κ1) is 19.1. The van der Waals surface area contributed by atoms with E-state index in [0.717, 1.165) is 38.3 Å². The van der Waals surface area contributed by atoms with Crippen LogP contribution in [-0.4, -0.2) is 51.2 Å². The van der Waals surface area contributed by atoms with E-state index < -0.39 is 0 Å². The number of hydrogen-bond donors (Lipinski definition) is 2. The molecule has 0 spiro atoms. The zero-order valence-corrected chi connectivity index (χ0v) is 13.9. The lowest BCUT2D eigenvalue weighted by molar-refractivity contribution is -0.140. The number of carbonyl (C=O) groups excluding carboxylic acids is 1. The van der Waals surface area contributed by atoms with Crippen molar-refractivity contribution < 1.29 is 9.53 Å². The Bertz CT molecular complexity index is 273. The fourth-order valence-corrected chi connectivity index (χ4v) is 2.17. The molecule has 5 nitrogen and oxygen atoms in total. The molecule has 0 aromatic heterocycles. The summed E-state index contributed by atoms with van der Waals surface area (Å²) in [6, 6.07) is 0. The number of thioether (sulfide) groups is 1. The van der Waals surface area contributed by atoms with Gasteiger partial charge in [0.2, 0.25) is 0 Å². The number of methoxy groups -OCH3 is 1. The summed E-state index contributed by atoms with van der Waals surface area (Å²) < 4.78 is 4.60. The van der Waals surface area contributed by atoms with Gasteiger partial charge in [-0.25, -0.2) is 0 Å². The van der Waals surface area contributed by atoms with E-state index in [1.54, 1.807) is 7.05 Å². The van der Waals surface area contributed by atoms with Crippen molar-refractivity contribution in [1.82, 2.24) is 10.6 Å². The minimum Gasteiger partial charge on any atom is -0.469 e. The second-order valence-corrected chi connectivity index (χ2v) is 5.50. The fourth-order valence-electron chi connectivity index (χ4n) is 1.68. The number of ether oxygens (including phenoxy) is 1. The van der Waals surface area contributed by atoms with Gasteiger partial charge >= 0.3 is 5.97 Å². The predicted octanol–water partition coefficient (Wildman–Crippen LogP) is 2.03. The lowest BCUT2D eigenvalue weighted by atomic mass is 10.2. The average molecular weight is 303 g/mol. The summed E-state index contributed by atoms with van der Waals surface area (Å²) in [5.41, 5.74) is 0. The van der Waals surface area contributed by atoms with Crippen molar-refractivity contribution in [2.75, 3.05) is 39.3 Å². The standard InChI is InChI=1S/C14H29N3O2S/c1-15-14(17-11-7-8-12-20-3)16-10-6-4-5-9-13(18)19-2/h4-12H2,1-3H3,(H2,15,16,17). The Hall–Kier alpha value is -0.910. The summed E-state index contributed by atoms with van der Waals surface area (Å²) in [7, 11) is 3.22. The maximum absolute atomic E-state index is 10.9. The quantitative estimate of drug-likeness (QED) is 0.265. The summed E-state index contributed by atoms with van der Waals surface area (Å²) in [6.07, 6.45) is 7.98. The molecule has 20 heavy (non-hydrogen) atoms. The normalized spacial score (nSPS) is 11.2. The van der Waals surface area contributed by atoms with Crippen molar-refractivity contribution in [2.24, 2.45) is 4.99 Å². The average Bonchev–Trinajstić information content (AvgIpc) is 2.47. The molecule has 0 bridgehead atoms. The van der Waals surface area contributed by atoms with Crippen LogP contribution in [0.3, 0.4) is 0 Å². The molecule has 0 aromatic rings. The number of esters is 1. The summed E-state index contributed by atoms with van der Waals surface area (Å²) in [4.78, 5) is 15.1. The summed E-state index contributed by atoms with van der Waals surface area (Å²) >= 11 is 1.88. The van der Waals surface area contributed by atoms with Crippen molar-refractivity contribution in [3.8, 4) is 0 Å². The fraction of sp³-hybridized carbons (Fsp3) is 0.857. The van der Waals surface area contributed by atoms with E-state index in [4.69, 9.17) is 0 Å². The van der Waals surface area contributed by atoms with Gasteiger partial charge in [-0.3, -0.25) is 9.79 Å². The molecule has 118 valence electrons. The number of nitrogens with one attached hydrogen (secondary N) is 2. The Morgan fingerprint density at radius 3 is 2.30 bits per heavy atom. The predicted molar refractivity (Wildman–Crippen MR) is 87.5 cm³/mol. The number of carbonyl (C=O) groups is 1. The first-order valence-corrected chi connectivity index (χ1v) is 8.64. The van der Waals surface area contributed by atoms with Gasteiger partial charge in [0.25, 0.3) is 0 Å². The molecule has 2 N–H and O–H groups in total. The molecule has 0 fully saturated rings. The first-order chi connectivity index (χ1) is 9.74. The van der Waals surface area contributed by atoms with E-state index in [9.17, 15) is 4.79 Å². The van der Waals surface area contributed by atoms with E-state index in [1.807, 2.05) is 11.8 Å². The molecular weight excluding hydrogens is 274 g/mol. The van der Waals surface area contributed by atoms with Crippen molar-refractivity contribution >= 4 is 23.7 Å². The van der Waals surface area contributed by atoms with Gasteiger partial charge in [-0.05, 0) is 37.7 Å². The van der Waals surface area contributed by atoms with Gasteiger partial charge in [0.1, 0.15) is 0 Å². The molecule has 0 atom stereocenters. The Morgan fingerprint density at radius 1 is 1.10 bits per heavy atom. The number of guanidine groups is 1. The zero-order valence-electron chi connectivity index (χ0n) is 13.0. The van der Waals surface area contributed by atoms with Crippen LogP contribution in [-0.2, 0) is 9.53 Å². The van der Waals surface area contributed by atoms with Crippen molar-refractivity contribution in [3.63, 3.8) is 0 Å². The highest BCUT2D eigenvalue weighted by Gasteiger charge is 2.00. The summed E-state index contributed by atoms with van der Waals surface area (Å²) in [5.74, 6) is 1.95. The van der Waals surface area contributed by atoms with Gasteiger partial charge in [-0.2, -0.15) is 11.8 Å². The highest BCUT2D eigenvalue weighted by Crippen LogP contribution is 2.00. The van der Waals surface area contributed by atoms with Gasteiger partial charge in [-0.1, -0.05) is 6.42 Å². The largest absolute Gasteiger partial charge is 0.469 e. The van der Waals surface area contributed by atoms with Crippen LogP contribution in [0.25, 0.3) is 0 Å².